The first-order chi connectivity index (χ1) is 11.1. The van der Waals surface area contributed by atoms with E-state index in [-0.39, 0.29) is 19.0 Å². The van der Waals surface area contributed by atoms with E-state index in [1.54, 1.807) is 20.8 Å². The van der Waals surface area contributed by atoms with Crippen molar-refractivity contribution >= 4 is 23.2 Å². The Labute approximate surface area is 142 Å². The van der Waals surface area contributed by atoms with Gasteiger partial charge in [0.15, 0.2) is 10.7 Å². The lowest BCUT2D eigenvalue weighted by atomic mass is 10.0. The summed E-state index contributed by atoms with van der Waals surface area (Å²) < 4.78 is 34.7. The number of rotatable bonds is 2. The Morgan fingerprint density at radius 1 is 1.50 bits per heavy atom. The van der Waals surface area contributed by atoms with E-state index in [0.717, 1.165) is 16.2 Å². The van der Waals surface area contributed by atoms with Crippen molar-refractivity contribution in [2.45, 2.75) is 50.9 Å². The average Bonchev–Trinajstić information content (AvgIpc) is 3.00. The number of nitrogens with one attached hydrogen (secondary N) is 1. The van der Waals surface area contributed by atoms with Crippen molar-refractivity contribution in [2.24, 2.45) is 0 Å². The van der Waals surface area contributed by atoms with Crippen LogP contribution < -0.4 is 5.32 Å². The molecule has 1 spiro atoms. The molecule has 0 aliphatic carbocycles. The van der Waals surface area contributed by atoms with Gasteiger partial charge in [0.2, 0.25) is 0 Å². The highest BCUT2D eigenvalue weighted by Crippen LogP contribution is 2.37. The molecule has 1 aromatic heterocycles. The SMILES string of the molecule is Cc1csc(C(F)(F)C(=O)N2CCCC3(C2)NC(=O)C(C)(C)O3)n1. The van der Waals surface area contributed by atoms with Gasteiger partial charge in [-0.3, -0.25) is 9.59 Å². The number of aromatic nitrogens is 1. The summed E-state index contributed by atoms with van der Waals surface area (Å²) in [6.07, 6.45) is 0.947. The maximum Gasteiger partial charge on any atom is 0.375 e. The third-order valence-corrected chi connectivity index (χ3v) is 5.27. The van der Waals surface area contributed by atoms with Crippen molar-refractivity contribution in [3.05, 3.63) is 16.1 Å². The molecule has 1 N–H and O–H groups in total. The lowest BCUT2D eigenvalue weighted by molar-refractivity contribution is -0.173. The number of carbonyl (C=O) groups is 2. The Morgan fingerprint density at radius 2 is 2.21 bits per heavy atom. The van der Waals surface area contributed by atoms with E-state index in [2.05, 4.69) is 10.3 Å². The summed E-state index contributed by atoms with van der Waals surface area (Å²) >= 11 is 0.763. The van der Waals surface area contributed by atoms with Crippen molar-refractivity contribution in [1.29, 1.82) is 0 Å². The van der Waals surface area contributed by atoms with Crippen LogP contribution in [0.3, 0.4) is 0 Å². The molecule has 1 unspecified atom stereocenters. The molecule has 2 saturated heterocycles. The zero-order valence-electron chi connectivity index (χ0n) is 13.7. The molecule has 3 rings (SSSR count). The molecule has 0 bridgehead atoms. The Hall–Kier alpha value is -1.61. The summed E-state index contributed by atoms with van der Waals surface area (Å²) in [6.45, 7) is 4.93. The van der Waals surface area contributed by atoms with Crippen LogP contribution in [0.2, 0.25) is 0 Å². The lowest BCUT2D eigenvalue weighted by Gasteiger charge is -2.40. The van der Waals surface area contributed by atoms with Crippen LogP contribution in [0.15, 0.2) is 5.38 Å². The molecule has 24 heavy (non-hydrogen) atoms. The molecule has 1 aromatic rings. The summed E-state index contributed by atoms with van der Waals surface area (Å²) in [5, 5.41) is 3.70. The van der Waals surface area contributed by atoms with Gasteiger partial charge in [0.1, 0.15) is 5.60 Å². The smallest absolute Gasteiger partial charge is 0.338 e. The number of aryl methyl sites for hydroxylation is 1. The molecular weight excluding hydrogens is 340 g/mol. The zero-order valence-corrected chi connectivity index (χ0v) is 14.5. The number of hydrogen-bond donors (Lipinski definition) is 1. The van der Waals surface area contributed by atoms with Gasteiger partial charge in [0.25, 0.3) is 5.91 Å². The van der Waals surface area contributed by atoms with Gasteiger partial charge in [-0.25, -0.2) is 4.98 Å². The van der Waals surface area contributed by atoms with E-state index in [1.807, 2.05) is 0 Å². The minimum Gasteiger partial charge on any atom is -0.338 e. The van der Waals surface area contributed by atoms with Crippen molar-refractivity contribution < 1.29 is 23.1 Å². The molecule has 9 heteroatoms. The molecular formula is C15H19F2N3O3S. The van der Waals surface area contributed by atoms with Crippen molar-refractivity contribution in [3.8, 4) is 0 Å². The number of carbonyl (C=O) groups excluding carboxylic acids is 2. The topological polar surface area (TPSA) is 71.5 Å². The van der Waals surface area contributed by atoms with Crippen LogP contribution in [0.5, 0.6) is 0 Å². The molecule has 6 nitrogen and oxygen atoms in total. The molecule has 2 fully saturated rings. The molecule has 0 saturated carbocycles. The fraction of sp³-hybridized carbons (Fsp3) is 0.667. The monoisotopic (exact) mass is 359 g/mol. The van der Waals surface area contributed by atoms with Gasteiger partial charge in [-0.2, -0.15) is 8.78 Å². The molecule has 2 amide bonds. The Kier molecular flexibility index (Phi) is 3.91. The third kappa shape index (κ3) is 2.79. The zero-order chi connectivity index (χ0) is 17.8. The van der Waals surface area contributed by atoms with Crippen LogP contribution in [-0.2, 0) is 20.2 Å². The van der Waals surface area contributed by atoms with Crippen molar-refractivity contribution in [3.63, 3.8) is 0 Å². The minimum absolute atomic E-state index is 0.0963. The molecule has 1 atom stereocenters. The Balaban J connectivity index is 1.80. The largest absolute Gasteiger partial charge is 0.375 e. The van der Waals surface area contributed by atoms with Crippen molar-refractivity contribution in [2.75, 3.05) is 13.1 Å². The van der Waals surface area contributed by atoms with Gasteiger partial charge in [0, 0.05) is 17.6 Å². The maximum atomic E-state index is 14.5. The van der Waals surface area contributed by atoms with Crippen LogP contribution in [0.4, 0.5) is 8.78 Å². The van der Waals surface area contributed by atoms with Crippen molar-refractivity contribution in [1.82, 2.24) is 15.2 Å². The summed E-state index contributed by atoms with van der Waals surface area (Å²) in [4.78, 5) is 29.2. The summed E-state index contributed by atoms with van der Waals surface area (Å²) in [5.74, 6) is -5.30. The van der Waals surface area contributed by atoms with E-state index in [4.69, 9.17) is 4.74 Å². The normalized spacial score (nSPS) is 26.7. The predicted octanol–water partition coefficient (Wildman–Crippen LogP) is 1.79. The van der Waals surface area contributed by atoms with Crippen LogP contribution in [0, 0.1) is 6.92 Å². The van der Waals surface area contributed by atoms with Crippen LogP contribution >= 0.6 is 11.3 Å². The van der Waals surface area contributed by atoms with E-state index in [1.165, 1.54) is 5.38 Å². The van der Waals surface area contributed by atoms with E-state index < -0.39 is 28.2 Å². The molecule has 0 aromatic carbocycles. The number of piperidine rings is 1. The summed E-state index contributed by atoms with van der Waals surface area (Å²) in [7, 11) is 0. The van der Waals surface area contributed by atoms with Crippen LogP contribution in [0.1, 0.15) is 37.4 Å². The third-order valence-electron chi connectivity index (χ3n) is 4.24. The average molecular weight is 359 g/mol. The number of thiazole rings is 1. The van der Waals surface area contributed by atoms with Gasteiger partial charge in [-0.05, 0) is 33.6 Å². The number of ether oxygens (including phenoxy) is 1. The second-order valence-corrected chi connectivity index (χ2v) is 7.62. The number of nitrogens with zero attached hydrogens (tertiary/aromatic N) is 2. The highest BCUT2D eigenvalue weighted by atomic mass is 32.1. The lowest BCUT2D eigenvalue weighted by Crippen LogP contribution is -2.58. The van der Waals surface area contributed by atoms with Gasteiger partial charge in [-0.1, -0.05) is 0 Å². The van der Waals surface area contributed by atoms with Gasteiger partial charge in [-0.15, -0.1) is 11.3 Å². The van der Waals surface area contributed by atoms with E-state index in [0.29, 0.717) is 18.5 Å². The number of alkyl halides is 2. The first-order valence-electron chi connectivity index (χ1n) is 7.68. The van der Waals surface area contributed by atoms with Gasteiger partial charge >= 0.3 is 11.8 Å². The van der Waals surface area contributed by atoms with Crippen LogP contribution in [-0.4, -0.2) is 46.1 Å². The maximum absolute atomic E-state index is 14.5. The highest BCUT2D eigenvalue weighted by Gasteiger charge is 2.55. The number of hydrogen-bond acceptors (Lipinski definition) is 5. The number of amides is 2. The predicted molar refractivity (Wildman–Crippen MR) is 82.6 cm³/mol. The standard InChI is InChI=1S/C15H19F2N3O3S/c1-9-7-24-11(18-9)15(16,17)12(22)20-6-4-5-14(8-20)19-10(21)13(2,3)23-14/h7H,4-6,8H2,1-3H3,(H,19,21). The summed E-state index contributed by atoms with van der Waals surface area (Å²) in [5.41, 5.74) is -1.68. The van der Waals surface area contributed by atoms with E-state index in [9.17, 15) is 18.4 Å². The molecule has 132 valence electrons. The van der Waals surface area contributed by atoms with E-state index >= 15 is 0 Å². The molecule has 2 aliphatic heterocycles. The molecule has 0 radical (unpaired) electrons. The fourth-order valence-electron chi connectivity index (χ4n) is 3.09. The summed E-state index contributed by atoms with van der Waals surface area (Å²) in [6, 6.07) is 0. The number of likely N-dealkylation sites (tertiary alicyclic amines) is 1. The minimum atomic E-state index is -3.68. The first-order valence-corrected chi connectivity index (χ1v) is 8.56. The van der Waals surface area contributed by atoms with Gasteiger partial charge in [0.05, 0.1) is 6.54 Å². The fourth-order valence-corrected chi connectivity index (χ4v) is 3.85. The van der Waals surface area contributed by atoms with Crippen LogP contribution in [0.25, 0.3) is 0 Å². The molecule has 2 aliphatic rings. The second-order valence-electron chi connectivity index (χ2n) is 6.76. The Morgan fingerprint density at radius 3 is 2.75 bits per heavy atom. The second kappa shape index (κ2) is 5.45. The highest BCUT2D eigenvalue weighted by molar-refractivity contribution is 7.09. The Bertz CT molecular complexity index is 691. The van der Waals surface area contributed by atoms with Gasteiger partial charge < -0.3 is 15.0 Å². The molecule has 3 heterocycles. The first kappa shape index (κ1) is 17.2. The number of halogens is 2. The quantitative estimate of drug-likeness (QED) is 0.874.